The number of fused-ring (bicyclic) bond motifs is 2. The number of carbonyl (C=O) groups excluding carboxylic acids is 1. The van der Waals surface area contributed by atoms with Crippen LogP contribution in [0.1, 0.15) is 19.5 Å². The lowest BCUT2D eigenvalue weighted by Crippen LogP contribution is -2.43. The van der Waals surface area contributed by atoms with Crippen LogP contribution in [-0.4, -0.2) is 28.8 Å². The number of aryl methyl sites for hydroxylation is 1. The molecule has 4 rings (SSSR count). The summed E-state index contributed by atoms with van der Waals surface area (Å²) in [5.74, 6) is 1.44. The third-order valence-electron chi connectivity index (χ3n) is 5.18. The molecule has 1 amide bonds. The van der Waals surface area contributed by atoms with Crippen LogP contribution in [0, 0.1) is 17.8 Å². The van der Waals surface area contributed by atoms with Crippen molar-refractivity contribution in [2.75, 3.05) is 13.1 Å². The van der Waals surface area contributed by atoms with Gasteiger partial charge in [0.05, 0.1) is 16.7 Å². The summed E-state index contributed by atoms with van der Waals surface area (Å²) in [6.45, 7) is 6.04. The molecule has 2 atom stereocenters. The monoisotopic (exact) mass is 298 g/mol. The van der Waals surface area contributed by atoms with Crippen molar-refractivity contribution in [1.82, 2.24) is 20.4 Å². The first-order valence-corrected chi connectivity index (χ1v) is 7.94. The van der Waals surface area contributed by atoms with Crippen molar-refractivity contribution in [3.63, 3.8) is 0 Å². The topological polar surface area (TPSA) is 59.0 Å². The predicted molar refractivity (Wildman–Crippen MR) is 85.2 cm³/mol. The summed E-state index contributed by atoms with van der Waals surface area (Å²) in [4.78, 5) is 12.6. The quantitative estimate of drug-likeness (QED) is 0.900. The van der Waals surface area contributed by atoms with E-state index in [1.807, 2.05) is 37.7 Å². The van der Waals surface area contributed by atoms with E-state index in [4.69, 9.17) is 0 Å². The average Bonchev–Trinajstić information content (AvgIpc) is 2.82. The summed E-state index contributed by atoms with van der Waals surface area (Å²) in [5.41, 5.74) is 1.55. The molecule has 0 bridgehead atoms. The fourth-order valence-electron chi connectivity index (χ4n) is 3.93. The van der Waals surface area contributed by atoms with Gasteiger partial charge in [-0.25, -0.2) is 0 Å². The number of carbonyl (C=O) groups is 1. The third kappa shape index (κ3) is 1.96. The first kappa shape index (κ1) is 13.8. The zero-order valence-electron chi connectivity index (χ0n) is 13.3. The van der Waals surface area contributed by atoms with Crippen LogP contribution in [0.15, 0.2) is 24.3 Å². The lowest BCUT2D eigenvalue weighted by atomic mass is 9.96. The lowest BCUT2D eigenvalue weighted by molar-refractivity contribution is -0.124. The van der Waals surface area contributed by atoms with Crippen molar-refractivity contribution in [1.29, 1.82) is 0 Å². The fraction of sp³-hybridized carbons (Fsp3) is 0.529. The summed E-state index contributed by atoms with van der Waals surface area (Å²) < 4.78 is 1.88. The highest BCUT2D eigenvalue weighted by molar-refractivity contribution is 5.86. The number of nitrogens with zero attached hydrogens (tertiary/aromatic N) is 2. The number of piperidine rings is 1. The Balaban J connectivity index is 1.61. The molecule has 2 N–H and O–H groups in total. The van der Waals surface area contributed by atoms with Gasteiger partial charge >= 0.3 is 0 Å². The summed E-state index contributed by atoms with van der Waals surface area (Å²) >= 11 is 0. The van der Waals surface area contributed by atoms with Crippen molar-refractivity contribution >= 4 is 16.8 Å². The Morgan fingerprint density at radius 1 is 1.32 bits per heavy atom. The van der Waals surface area contributed by atoms with Gasteiger partial charge in [-0.2, -0.15) is 5.10 Å². The molecule has 22 heavy (non-hydrogen) atoms. The van der Waals surface area contributed by atoms with E-state index in [9.17, 15) is 4.79 Å². The number of hydrogen-bond acceptors (Lipinski definition) is 3. The highest BCUT2D eigenvalue weighted by atomic mass is 16.2. The Labute approximate surface area is 130 Å². The first-order valence-electron chi connectivity index (χ1n) is 7.94. The first-order chi connectivity index (χ1) is 10.5. The second-order valence-electron chi connectivity index (χ2n) is 7.12. The molecule has 2 unspecified atom stereocenters. The number of aromatic nitrogens is 2. The standard InChI is InChI=1S/C17H22N4O/c1-17(2,19-16(22)14-11-8-18-9-12(11)14)15-10-6-4-5-7-13(10)21(3)20-15/h4-7,11-12,14,18H,8-9H2,1-3H3,(H,19,22). The van der Waals surface area contributed by atoms with Crippen molar-refractivity contribution in [3.8, 4) is 0 Å². The molecule has 1 saturated carbocycles. The van der Waals surface area contributed by atoms with Crippen LogP contribution < -0.4 is 10.6 Å². The number of para-hydroxylation sites is 1. The van der Waals surface area contributed by atoms with Crippen molar-refractivity contribution in [3.05, 3.63) is 30.0 Å². The van der Waals surface area contributed by atoms with Crippen LogP contribution in [0.5, 0.6) is 0 Å². The average molecular weight is 298 g/mol. The number of amides is 1. The van der Waals surface area contributed by atoms with Gasteiger partial charge in [0.1, 0.15) is 0 Å². The second-order valence-corrected chi connectivity index (χ2v) is 7.12. The van der Waals surface area contributed by atoms with E-state index in [1.54, 1.807) is 0 Å². The Kier molecular flexibility index (Phi) is 2.85. The maximum Gasteiger partial charge on any atom is 0.224 e. The molecule has 1 aromatic heterocycles. The minimum absolute atomic E-state index is 0.177. The van der Waals surface area contributed by atoms with Crippen molar-refractivity contribution in [2.45, 2.75) is 19.4 Å². The lowest BCUT2D eigenvalue weighted by Gasteiger charge is -2.25. The normalized spacial score (nSPS) is 27.0. The van der Waals surface area contributed by atoms with E-state index < -0.39 is 5.54 Å². The smallest absolute Gasteiger partial charge is 0.224 e. The van der Waals surface area contributed by atoms with E-state index in [0.717, 1.165) is 29.7 Å². The number of benzene rings is 1. The molecule has 5 nitrogen and oxygen atoms in total. The summed E-state index contributed by atoms with van der Waals surface area (Å²) in [6.07, 6.45) is 0. The van der Waals surface area contributed by atoms with Gasteiger partial charge < -0.3 is 10.6 Å². The Hall–Kier alpha value is -1.88. The van der Waals surface area contributed by atoms with Crippen LogP contribution in [0.3, 0.4) is 0 Å². The highest BCUT2D eigenvalue weighted by Crippen LogP contribution is 2.49. The van der Waals surface area contributed by atoms with Crippen LogP contribution in [0.25, 0.3) is 10.9 Å². The van der Waals surface area contributed by atoms with Gasteiger partial charge in [-0.15, -0.1) is 0 Å². The maximum absolute atomic E-state index is 12.6. The van der Waals surface area contributed by atoms with Gasteiger partial charge in [0.15, 0.2) is 0 Å². The molecule has 0 spiro atoms. The van der Waals surface area contributed by atoms with Crippen molar-refractivity contribution < 1.29 is 4.79 Å². The minimum Gasteiger partial charge on any atom is -0.345 e. The minimum atomic E-state index is -0.470. The second kappa shape index (κ2) is 4.56. The Bertz CT molecular complexity index is 738. The van der Waals surface area contributed by atoms with E-state index in [0.29, 0.717) is 11.8 Å². The van der Waals surface area contributed by atoms with Crippen LogP contribution in [-0.2, 0) is 17.4 Å². The van der Waals surface area contributed by atoms with Gasteiger partial charge in [-0.1, -0.05) is 18.2 Å². The van der Waals surface area contributed by atoms with E-state index in [1.165, 1.54) is 0 Å². The third-order valence-corrected chi connectivity index (χ3v) is 5.18. The molecule has 0 radical (unpaired) electrons. The van der Waals surface area contributed by atoms with Gasteiger partial charge in [-0.3, -0.25) is 9.48 Å². The molecule has 2 fully saturated rings. The predicted octanol–water partition coefficient (Wildman–Crippen LogP) is 1.39. The zero-order chi connectivity index (χ0) is 15.5. The van der Waals surface area contributed by atoms with E-state index >= 15 is 0 Å². The Morgan fingerprint density at radius 3 is 2.73 bits per heavy atom. The molecule has 1 aromatic carbocycles. The number of rotatable bonds is 3. The van der Waals surface area contributed by atoms with E-state index in [-0.39, 0.29) is 11.8 Å². The van der Waals surface area contributed by atoms with Crippen LogP contribution >= 0.6 is 0 Å². The van der Waals surface area contributed by atoms with Crippen LogP contribution in [0.4, 0.5) is 0 Å². The molecule has 2 aromatic rings. The van der Waals surface area contributed by atoms with Gasteiger partial charge in [0.25, 0.3) is 0 Å². The Morgan fingerprint density at radius 2 is 2.00 bits per heavy atom. The number of nitrogens with one attached hydrogen (secondary N) is 2. The molecule has 5 heteroatoms. The zero-order valence-corrected chi connectivity index (χ0v) is 13.3. The summed E-state index contributed by atoms with van der Waals surface area (Å²) in [7, 11) is 1.95. The van der Waals surface area contributed by atoms with Gasteiger partial charge in [0.2, 0.25) is 5.91 Å². The van der Waals surface area contributed by atoms with E-state index in [2.05, 4.69) is 27.9 Å². The molecular weight excluding hydrogens is 276 g/mol. The molecule has 1 saturated heterocycles. The molecule has 1 aliphatic heterocycles. The number of hydrogen-bond donors (Lipinski definition) is 2. The largest absolute Gasteiger partial charge is 0.345 e. The fourth-order valence-corrected chi connectivity index (χ4v) is 3.93. The van der Waals surface area contributed by atoms with Crippen LogP contribution in [0.2, 0.25) is 0 Å². The maximum atomic E-state index is 12.6. The summed E-state index contributed by atoms with van der Waals surface area (Å²) in [6, 6.07) is 8.15. The summed E-state index contributed by atoms with van der Waals surface area (Å²) in [5, 5.41) is 12.3. The SMILES string of the molecule is Cn1nc(C(C)(C)NC(=O)C2C3CNCC32)c2ccccc21. The molecular formula is C17H22N4O. The molecule has 1 aliphatic carbocycles. The molecule has 2 aliphatic rings. The molecule has 2 heterocycles. The van der Waals surface area contributed by atoms with Gasteiger partial charge in [0, 0.05) is 18.4 Å². The molecule has 116 valence electrons. The highest BCUT2D eigenvalue weighted by Gasteiger charge is 2.57. The van der Waals surface area contributed by atoms with Gasteiger partial charge in [-0.05, 0) is 44.8 Å². The van der Waals surface area contributed by atoms with Crippen molar-refractivity contribution in [2.24, 2.45) is 24.8 Å².